The Morgan fingerprint density at radius 3 is 2.70 bits per heavy atom. The standard InChI is InChI=1S/C22H32O/c1-4-6-15-13-17(23)14-16-8-9-18-19-7-5-11-21(19,2)12-10-20(18)22(15,16)3/h6,15-16,18-20H,1,5,7-14H2,2-3H3/t15?,16-,18-,19-,20-,21-,22-/m0/s1. The van der Waals surface area contributed by atoms with Gasteiger partial charge in [-0.15, -0.1) is 5.73 Å². The van der Waals surface area contributed by atoms with Crippen molar-refractivity contribution in [3.05, 3.63) is 18.4 Å². The van der Waals surface area contributed by atoms with Crippen LogP contribution in [0.15, 0.2) is 18.4 Å². The van der Waals surface area contributed by atoms with E-state index in [-0.39, 0.29) is 0 Å². The van der Waals surface area contributed by atoms with E-state index < -0.39 is 0 Å². The average Bonchev–Trinajstić information content (AvgIpc) is 2.90. The third-order valence-electron chi connectivity index (χ3n) is 8.78. The summed E-state index contributed by atoms with van der Waals surface area (Å²) in [4.78, 5) is 12.3. The van der Waals surface area contributed by atoms with Crippen LogP contribution in [0.1, 0.15) is 71.6 Å². The van der Waals surface area contributed by atoms with E-state index in [1.165, 1.54) is 44.9 Å². The highest BCUT2D eigenvalue weighted by Crippen LogP contribution is 2.67. The molecule has 0 aromatic carbocycles. The predicted molar refractivity (Wildman–Crippen MR) is 93.9 cm³/mol. The van der Waals surface area contributed by atoms with Gasteiger partial charge in [-0.1, -0.05) is 26.8 Å². The Hall–Kier alpha value is -0.810. The number of carbonyl (C=O) groups is 1. The molecule has 126 valence electrons. The van der Waals surface area contributed by atoms with Crippen molar-refractivity contribution in [1.82, 2.24) is 0 Å². The van der Waals surface area contributed by atoms with Crippen LogP contribution in [0, 0.1) is 40.4 Å². The van der Waals surface area contributed by atoms with Gasteiger partial charge in [0.25, 0.3) is 0 Å². The van der Waals surface area contributed by atoms with Crippen LogP contribution >= 0.6 is 0 Å². The lowest BCUT2D eigenvalue weighted by Gasteiger charge is -2.61. The van der Waals surface area contributed by atoms with Crippen molar-refractivity contribution >= 4 is 5.78 Å². The van der Waals surface area contributed by atoms with Crippen LogP contribution in [0.4, 0.5) is 0 Å². The molecule has 7 atom stereocenters. The molecule has 4 aliphatic carbocycles. The highest BCUT2D eigenvalue weighted by molar-refractivity contribution is 5.80. The lowest BCUT2D eigenvalue weighted by molar-refractivity contribution is -0.146. The van der Waals surface area contributed by atoms with Gasteiger partial charge in [0.2, 0.25) is 0 Å². The fourth-order valence-corrected chi connectivity index (χ4v) is 7.57. The predicted octanol–water partition coefficient (Wildman–Crippen LogP) is 5.56. The van der Waals surface area contributed by atoms with Crippen LogP contribution in [-0.2, 0) is 4.79 Å². The van der Waals surface area contributed by atoms with Gasteiger partial charge in [-0.2, -0.15) is 0 Å². The zero-order valence-electron chi connectivity index (χ0n) is 14.9. The number of hydrogen-bond donors (Lipinski definition) is 0. The Bertz CT molecular complexity index is 556. The largest absolute Gasteiger partial charge is 0.300 e. The van der Waals surface area contributed by atoms with E-state index in [1.54, 1.807) is 0 Å². The van der Waals surface area contributed by atoms with Crippen molar-refractivity contribution in [2.75, 3.05) is 0 Å². The molecular weight excluding hydrogens is 280 g/mol. The second-order valence-corrected chi connectivity index (χ2v) is 9.53. The van der Waals surface area contributed by atoms with Crippen LogP contribution in [0.5, 0.6) is 0 Å². The number of hydrogen-bond acceptors (Lipinski definition) is 1. The van der Waals surface area contributed by atoms with E-state index in [0.717, 1.165) is 30.6 Å². The first-order valence-electron chi connectivity index (χ1n) is 9.86. The molecule has 4 saturated carbocycles. The SMILES string of the molecule is C=C=CC1CC(=O)C[C@@H]2CC[C@H]3[C@@H]4CCC[C@@]4(C)CC[C@@H]3[C@@]12C. The van der Waals surface area contributed by atoms with Crippen molar-refractivity contribution < 1.29 is 4.79 Å². The molecule has 0 saturated heterocycles. The van der Waals surface area contributed by atoms with Crippen LogP contribution in [-0.4, -0.2) is 5.78 Å². The lowest BCUT2D eigenvalue weighted by atomic mass is 9.43. The molecule has 0 aromatic rings. The molecule has 0 spiro atoms. The fraction of sp³-hybridized carbons (Fsp3) is 0.818. The maximum atomic E-state index is 12.3. The van der Waals surface area contributed by atoms with E-state index in [2.05, 4.69) is 32.2 Å². The van der Waals surface area contributed by atoms with Gasteiger partial charge >= 0.3 is 0 Å². The summed E-state index contributed by atoms with van der Waals surface area (Å²) in [6.07, 6.45) is 13.5. The lowest BCUT2D eigenvalue weighted by Crippen LogP contribution is -2.55. The zero-order valence-corrected chi connectivity index (χ0v) is 14.9. The normalized spacial score (nSPS) is 52.1. The molecule has 4 rings (SSSR count). The van der Waals surface area contributed by atoms with Crippen molar-refractivity contribution in [2.45, 2.75) is 71.6 Å². The first-order chi connectivity index (χ1) is 11.0. The van der Waals surface area contributed by atoms with Gasteiger partial charge in [0.05, 0.1) is 0 Å². The monoisotopic (exact) mass is 312 g/mol. The minimum atomic E-state index is 0.311. The average molecular weight is 312 g/mol. The second kappa shape index (κ2) is 5.35. The van der Waals surface area contributed by atoms with Crippen molar-refractivity contribution in [1.29, 1.82) is 0 Å². The summed E-state index contributed by atoms with van der Waals surface area (Å²) in [5.74, 6) is 4.13. The Balaban J connectivity index is 1.71. The van der Waals surface area contributed by atoms with E-state index in [0.29, 0.717) is 28.4 Å². The highest BCUT2D eigenvalue weighted by Gasteiger charge is 2.60. The molecule has 4 fully saturated rings. The summed E-state index contributed by atoms with van der Waals surface area (Å²) < 4.78 is 0. The number of rotatable bonds is 1. The fourth-order valence-electron chi connectivity index (χ4n) is 7.57. The summed E-state index contributed by atoms with van der Waals surface area (Å²) in [7, 11) is 0. The second-order valence-electron chi connectivity index (χ2n) is 9.53. The first-order valence-corrected chi connectivity index (χ1v) is 9.86. The maximum Gasteiger partial charge on any atom is 0.133 e. The van der Waals surface area contributed by atoms with Gasteiger partial charge in [-0.05, 0) is 85.0 Å². The van der Waals surface area contributed by atoms with E-state index in [9.17, 15) is 4.79 Å². The summed E-state index contributed by atoms with van der Waals surface area (Å²) in [5, 5.41) is 0. The molecule has 0 aliphatic heterocycles. The van der Waals surface area contributed by atoms with Crippen molar-refractivity contribution in [3.8, 4) is 0 Å². The minimum absolute atomic E-state index is 0.311. The third-order valence-corrected chi connectivity index (χ3v) is 8.78. The molecule has 0 radical (unpaired) electrons. The smallest absolute Gasteiger partial charge is 0.133 e. The van der Waals surface area contributed by atoms with Gasteiger partial charge in [-0.3, -0.25) is 4.79 Å². The highest BCUT2D eigenvalue weighted by atomic mass is 16.1. The Kier molecular flexibility index (Phi) is 3.65. The van der Waals surface area contributed by atoms with E-state index in [1.807, 2.05) is 0 Å². The van der Waals surface area contributed by atoms with Gasteiger partial charge in [0, 0.05) is 12.8 Å². The van der Waals surface area contributed by atoms with Crippen LogP contribution < -0.4 is 0 Å². The van der Waals surface area contributed by atoms with Gasteiger partial charge in [0.1, 0.15) is 5.78 Å². The molecule has 1 heteroatoms. The van der Waals surface area contributed by atoms with Crippen LogP contribution in [0.3, 0.4) is 0 Å². The molecule has 1 nitrogen and oxygen atoms in total. The Labute approximate surface area is 141 Å². The van der Waals surface area contributed by atoms with Crippen LogP contribution in [0.2, 0.25) is 0 Å². The Morgan fingerprint density at radius 2 is 1.91 bits per heavy atom. The molecule has 0 amide bonds. The zero-order chi connectivity index (χ0) is 16.2. The molecule has 23 heavy (non-hydrogen) atoms. The number of fused-ring (bicyclic) bond motifs is 5. The molecule has 4 aliphatic rings. The maximum absolute atomic E-state index is 12.3. The molecule has 0 N–H and O–H groups in total. The summed E-state index contributed by atoms with van der Waals surface area (Å²) in [6, 6.07) is 0. The number of ketones is 1. The summed E-state index contributed by atoms with van der Waals surface area (Å²) in [5.41, 5.74) is 3.97. The third kappa shape index (κ3) is 2.15. The molecule has 0 heterocycles. The van der Waals surface area contributed by atoms with E-state index >= 15 is 0 Å². The van der Waals surface area contributed by atoms with E-state index in [4.69, 9.17) is 0 Å². The molecular formula is C22H32O. The van der Waals surface area contributed by atoms with Crippen LogP contribution in [0.25, 0.3) is 0 Å². The Morgan fingerprint density at radius 1 is 1.09 bits per heavy atom. The molecule has 1 unspecified atom stereocenters. The number of Topliss-reactive ketones (excluding diaryl/α,β-unsaturated/α-hetero) is 1. The molecule has 0 bridgehead atoms. The summed E-state index contributed by atoms with van der Waals surface area (Å²) >= 11 is 0. The van der Waals surface area contributed by atoms with Gasteiger partial charge in [-0.25, -0.2) is 0 Å². The summed E-state index contributed by atoms with van der Waals surface area (Å²) in [6.45, 7) is 8.92. The van der Waals surface area contributed by atoms with Crippen molar-refractivity contribution in [3.63, 3.8) is 0 Å². The minimum Gasteiger partial charge on any atom is -0.300 e. The topological polar surface area (TPSA) is 17.1 Å². The molecule has 0 aromatic heterocycles. The van der Waals surface area contributed by atoms with Crippen molar-refractivity contribution in [2.24, 2.45) is 40.4 Å². The first kappa shape index (κ1) is 15.7. The number of allylic oxidation sites excluding steroid dienone is 1. The van der Waals surface area contributed by atoms with Gasteiger partial charge in [0.15, 0.2) is 0 Å². The number of carbonyl (C=O) groups excluding carboxylic acids is 1. The van der Waals surface area contributed by atoms with Gasteiger partial charge < -0.3 is 0 Å². The quantitative estimate of drug-likeness (QED) is 0.580.